The quantitative estimate of drug-likeness (QED) is 0.788. The molecule has 0 aliphatic heterocycles. The average Bonchev–Trinajstić information content (AvgIpc) is 2.82. The molecule has 138 valence electrons. The Kier molecular flexibility index (Phi) is 5.76. The number of primary amides is 1. The second-order valence-corrected chi connectivity index (χ2v) is 6.09. The van der Waals surface area contributed by atoms with Crippen molar-refractivity contribution in [1.82, 2.24) is 15.1 Å². The van der Waals surface area contributed by atoms with Crippen molar-refractivity contribution in [2.45, 2.75) is 40.3 Å². The van der Waals surface area contributed by atoms with Gasteiger partial charge in [0.2, 0.25) is 0 Å². The summed E-state index contributed by atoms with van der Waals surface area (Å²) in [7, 11) is 0. The first-order valence-corrected chi connectivity index (χ1v) is 8.10. The van der Waals surface area contributed by atoms with E-state index in [0.29, 0.717) is 23.5 Å². The molecular formula is C18H22N4O4. The van der Waals surface area contributed by atoms with Crippen LogP contribution in [0, 0.1) is 20.8 Å². The van der Waals surface area contributed by atoms with Gasteiger partial charge in [0.15, 0.2) is 6.10 Å². The molecule has 3 amide bonds. The lowest BCUT2D eigenvalue weighted by Gasteiger charge is -2.12. The zero-order valence-electron chi connectivity index (χ0n) is 15.2. The number of carbonyl (C=O) groups excluding carboxylic acids is 3. The molecule has 1 aromatic carbocycles. The SMILES string of the molecule is Cc1ccc(Cn2nc(C)c(C(=O)O[C@@H](C)C(=O)NC(N)=O)c2C)cc1. The number of ether oxygens (including phenoxy) is 1. The molecule has 2 rings (SSSR count). The third-order valence-electron chi connectivity index (χ3n) is 3.94. The molecule has 2 aromatic rings. The van der Waals surface area contributed by atoms with Crippen LogP contribution in [0.25, 0.3) is 0 Å². The number of rotatable bonds is 5. The molecule has 0 spiro atoms. The molecule has 0 saturated heterocycles. The molecule has 8 heteroatoms. The van der Waals surface area contributed by atoms with Crippen molar-refractivity contribution in [2.24, 2.45) is 5.73 Å². The largest absolute Gasteiger partial charge is 0.449 e. The predicted molar refractivity (Wildman–Crippen MR) is 94.6 cm³/mol. The van der Waals surface area contributed by atoms with Gasteiger partial charge in [-0.2, -0.15) is 5.10 Å². The second kappa shape index (κ2) is 7.81. The maximum absolute atomic E-state index is 12.4. The predicted octanol–water partition coefficient (Wildman–Crippen LogP) is 1.60. The first-order chi connectivity index (χ1) is 12.2. The number of esters is 1. The number of nitrogens with zero attached hydrogens (tertiary/aromatic N) is 2. The average molecular weight is 358 g/mol. The lowest BCUT2D eigenvalue weighted by Crippen LogP contribution is -2.42. The fraction of sp³-hybridized carbons (Fsp3) is 0.333. The van der Waals surface area contributed by atoms with Gasteiger partial charge in [-0.25, -0.2) is 9.59 Å². The minimum Gasteiger partial charge on any atom is -0.449 e. The molecular weight excluding hydrogens is 336 g/mol. The first kappa shape index (κ1) is 19.2. The van der Waals surface area contributed by atoms with Gasteiger partial charge in [0.1, 0.15) is 5.56 Å². The van der Waals surface area contributed by atoms with E-state index in [4.69, 9.17) is 10.5 Å². The van der Waals surface area contributed by atoms with Crippen LogP contribution in [0.4, 0.5) is 4.79 Å². The normalized spacial score (nSPS) is 11.7. The molecule has 8 nitrogen and oxygen atoms in total. The summed E-state index contributed by atoms with van der Waals surface area (Å²) in [6.45, 7) is 7.34. The van der Waals surface area contributed by atoms with E-state index in [0.717, 1.165) is 11.1 Å². The monoisotopic (exact) mass is 358 g/mol. The third-order valence-corrected chi connectivity index (χ3v) is 3.94. The molecule has 3 N–H and O–H groups in total. The molecule has 0 saturated carbocycles. The van der Waals surface area contributed by atoms with Crippen LogP contribution in [0.5, 0.6) is 0 Å². The Balaban J connectivity index is 2.15. The Morgan fingerprint density at radius 3 is 2.38 bits per heavy atom. The van der Waals surface area contributed by atoms with Crippen molar-refractivity contribution in [3.05, 3.63) is 52.3 Å². The van der Waals surface area contributed by atoms with Crippen LogP contribution >= 0.6 is 0 Å². The summed E-state index contributed by atoms with van der Waals surface area (Å²) in [5.41, 5.74) is 8.53. The first-order valence-electron chi connectivity index (χ1n) is 8.10. The van der Waals surface area contributed by atoms with Crippen molar-refractivity contribution in [3.63, 3.8) is 0 Å². The van der Waals surface area contributed by atoms with Crippen molar-refractivity contribution in [1.29, 1.82) is 0 Å². The number of urea groups is 1. The highest BCUT2D eigenvalue weighted by Gasteiger charge is 2.25. The zero-order valence-corrected chi connectivity index (χ0v) is 15.2. The topological polar surface area (TPSA) is 116 Å². The molecule has 1 aromatic heterocycles. The zero-order chi connectivity index (χ0) is 19.4. The van der Waals surface area contributed by atoms with Crippen LogP contribution in [0.2, 0.25) is 0 Å². The number of carbonyl (C=O) groups is 3. The van der Waals surface area contributed by atoms with E-state index in [1.807, 2.05) is 36.5 Å². The van der Waals surface area contributed by atoms with E-state index in [2.05, 4.69) is 5.10 Å². The van der Waals surface area contributed by atoms with Gasteiger partial charge in [-0.05, 0) is 33.3 Å². The van der Waals surface area contributed by atoms with Crippen molar-refractivity contribution in [2.75, 3.05) is 0 Å². The number of aryl methyl sites for hydroxylation is 2. The van der Waals surface area contributed by atoms with Gasteiger partial charge in [-0.15, -0.1) is 0 Å². The van der Waals surface area contributed by atoms with Gasteiger partial charge < -0.3 is 10.5 Å². The fourth-order valence-corrected chi connectivity index (χ4v) is 2.51. The number of imide groups is 1. The number of amides is 3. The molecule has 0 aliphatic rings. The Labute approximate surface area is 151 Å². The molecule has 0 aliphatic carbocycles. The smallest absolute Gasteiger partial charge is 0.342 e. The summed E-state index contributed by atoms with van der Waals surface area (Å²) in [5, 5.41) is 6.26. The minimum atomic E-state index is -1.16. The Hall–Kier alpha value is -3.16. The van der Waals surface area contributed by atoms with Crippen molar-refractivity contribution < 1.29 is 19.1 Å². The molecule has 0 radical (unpaired) electrons. The van der Waals surface area contributed by atoms with Gasteiger partial charge in [0.25, 0.3) is 5.91 Å². The van der Waals surface area contributed by atoms with Crippen LogP contribution in [0.15, 0.2) is 24.3 Å². The standard InChI is InChI=1S/C18H22N4O4/c1-10-5-7-14(8-6-10)9-22-12(3)15(11(2)21-22)17(24)26-13(4)16(23)20-18(19)25/h5-8,13H,9H2,1-4H3,(H3,19,20,23,25)/t13-/m0/s1. The number of aromatic nitrogens is 2. The van der Waals surface area contributed by atoms with Crippen LogP contribution < -0.4 is 11.1 Å². The Morgan fingerprint density at radius 2 is 1.81 bits per heavy atom. The van der Waals surface area contributed by atoms with Crippen LogP contribution in [0.1, 0.15) is 39.8 Å². The Morgan fingerprint density at radius 1 is 1.19 bits per heavy atom. The maximum atomic E-state index is 12.4. The van der Waals surface area contributed by atoms with Gasteiger partial charge in [-0.1, -0.05) is 29.8 Å². The molecule has 26 heavy (non-hydrogen) atoms. The van der Waals surface area contributed by atoms with Crippen molar-refractivity contribution >= 4 is 17.9 Å². The summed E-state index contributed by atoms with van der Waals surface area (Å²) < 4.78 is 6.84. The number of nitrogens with one attached hydrogen (secondary N) is 1. The number of hydrogen-bond donors (Lipinski definition) is 2. The number of hydrogen-bond acceptors (Lipinski definition) is 5. The van der Waals surface area contributed by atoms with Gasteiger partial charge in [0, 0.05) is 0 Å². The molecule has 1 atom stereocenters. The highest BCUT2D eigenvalue weighted by molar-refractivity contribution is 5.98. The number of nitrogens with two attached hydrogens (primary N) is 1. The summed E-state index contributed by atoms with van der Waals surface area (Å²) in [6, 6.07) is 7.01. The van der Waals surface area contributed by atoms with E-state index in [-0.39, 0.29) is 0 Å². The lowest BCUT2D eigenvalue weighted by molar-refractivity contribution is -0.127. The highest BCUT2D eigenvalue weighted by Crippen LogP contribution is 2.17. The number of benzene rings is 1. The van der Waals surface area contributed by atoms with E-state index in [9.17, 15) is 14.4 Å². The Bertz CT molecular complexity index is 840. The highest BCUT2D eigenvalue weighted by atomic mass is 16.5. The molecule has 0 fully saturated rings. The summed E-state index contributed by atoms with van der Waals surface area (Å²) in [4.78, 5) is 34.8. The van der Waals surface area contributed by atoms with E-state index in [1.54, 1.807) is 18.5 Å². The maximum Gasteiger partial charge on any atom is 0.342 e. The van der Waals surface area contributed by atoms with Crippen LogP contribution in [-0.2, 0) is 16.1 Å². The summed E-state index contributed by atoms with van der Waals surface area (Å²) in [5.74, 6) is -1.46. The van der Waals surface area contributed by atoms with Gasteiger partial charge in [0.05, 0.1) is 17.9 Å². The van der Waals surface area contributed by atoms with Crippen molar-refractivity contribution in [3.8, 4) is 0 Å². The van der Waals surface area contributed by atoms with Gasteiger partial charge >= 0.3 is 12.0 Å². The lowest BCUT2D eigenvalue weighted by atomic mass is 10.1. The van der Waals surface area contributed by atoms with Crippen LogP contribution in [0.3, 0.4) is 0 Å². The van der Waals surface area contributed by atoms with Crippen LogP contribution in [-0.4, -0.2) is 33.8 Å². The minimum absolute atomic E-state index is 0.302. The third kappa shape index (κ3) is 4.47. The van der Waals surface area contributed by atoms with E-state index < -0.39 is 24.0 Å². The molecule has 1 heterocycles. The van der Waals surface area contributed by atoms with E-state index in [1.165, 1.54) is 6.92 Å². The molecule has 0 bridgehead atoms. The van der Waals surface area contributed by atoms with E-state index >= 15 is 0 Å². The second-order valence-electron chi connectivity index (χ2n) is 6.09. The van der Waals surface area contributed by atoms with Gasteiger partial charge in [-0.3, -0.25) is 14.8 Å². The molecule has 0 unspecified atom stereocenters. The fourth-order valence-electron chi connectivity index (χ4n) is 2.51. The summed E-state index contributed by atoms with van der Waals surface area (Å²) >= 11 is 0. The summed E-state index contributed by atoms with van der Waals surface area (Å²) in [6.07, 6.45) is -1.16.